The van der Waals surface area contributed by atoms with Gasteiger partial charge in [0.25, 0.3) is 0 Å². The standard InChI is InChI=1S/C15H27N3O2/c1-6-15(7-2,13(19)20)11-16-8-12-9-17-18(10-12)14(3,4)5/h9-10,16H,6-8,11H2,1-5H3,(H,19,20). The molecule has 5 heteroatoms. The number of carboxylic acid groups (broad SMARTS) is 1. The molecule has 0 spiro atoms. The van der Waals surface area contributed by atoms with Crippen molar-refractivity contribution in [3.8, 4) is 0 Å². The molecule has 0 aromatic carbocycles. The van der Waals surface area contributed by atoms with Crippen LogP contribution in [-0.2, 0) is 16.9 Å². The highest BCUT2D eigenvalue weighted by Gasteiger charge is 2.34. The Balaban J connectivity index is 2.60. The minimum absolute atomic E-state index is 0.0318. The first kappa shape index (κ1) is 16.7. The normalized spacial score (nSPS) is 12.7. The van der Waals surface area contributed by atoms with Crippen LogP contribution in [0.25, 0.3) is 0 Å². The number of nitrogens with one attached hydrogen (secondary N) is 1. The predicted molar refractivity (Wildman–Crippen MR) is 79.6 cm³/mol. The van der Waals surface area contributed by atoms with Crippen molar-refractivity contribution in [2.45, 2.75) is 59.5 Å². The summed E-state index contributed by atoms with van der Waals surface area (Å²) in [5.74, 6) is -0.722. The van der Waals surface area contributed by atoms with Crippen molar-refractivity contribution in [1.82, 2.24) is 15.1 Å². The van der Waals surface area contributed by atoms with Gasteiger partial charge in [-0.3, -0.25) is 9.48 Å². The van der Waals surface area contributed by atoms with Gasteiger partial charge in [-0.15, -0.1) is 0 Å². The molecule has 1 rings (SSSR count). The highest BCUT2D eigenvalue weighted by atomic mass is 16.4. The van der Waals surface area contributed by atoms with Crippen LogP contribution in [0.5, 0.6) is 0 Å². The second kappa shape index (κ2) is 6.39. The van der Waals surface area contributed by atoms with Crippen LogP contribution in [0.4, 0.5) is 0 Å². The van der Waals surface area contributed by atoms with Gasteiger partial charge in [-0.25, -0.2) is 0 Å². The zero-order valence-corrected chi connectivity index (χ0v) is 13.2. The largest absolute Gasteiger partial charge is 0.481 e. The highest BCUT2D eigenvalue weighted by molar-refractivity contribution is 5.74. The number of aliphatic carboxylic acids is 1. The molecule has 0 aliphatic heterocycles. The van der Waals surface area contributed by atoms with E-state index in [2.05, 4.69) is 31.2 Å². The summed E-state index contributed by atoms with van der Waals surface area (Å²) in [6, 6.07) is 0. The van der Waals surface area contributed by atoms with E-state index in [1.54, 1.807) is 0 Å². The van der Waals surface area contributed by atoms with Crippen LogP contribution in [-0.4, -0.2) is 27.4 Å². The Bertz CT molecular complexity index is 442. The summed E-state index contributed by atoms with van der Waals surface area (Å²) >= 11 is 0. The summed E-state index contributed by atoms with van der Waals surface area (Å²) in [6.45, 7) is 11.3. The molecule has 0 amide bonds. The van der Waals surface area contributed by atoms with Gasteiger partial charge in [0.1, 0.15) is 0 Å². The number of hydrogen-bond acceptors (Lipinski definition) is 3. The summed E-state index contributed by atoms with van der Waals surface area (Å²) < 4.78 is 1.92. The third kappa shape index (κ3) is 3.82. The van der Waals surface area contributed by atoms with Crippen LogP contribution < -0.4 is 5.32 Å². The zero-order valence-electron chi connectivity index (χ0n) is 13.2. The lowest BCUT2D eigenvalue weighted by atomic mass is 9.82. The number of aromatic nitrogens is 2. The van der Waals surface area contributed by atoms with Gasteiger partial charge in [0.15, 0.2) is 0 Å². The number of rotatable bonds is 7. The first-order chi connectivity index (χ1) is 9.25. The van der Waals surface area contributed by atoms with Crippen molar-refractivity contribution in [3.05, 3.63) is 18.0 Å². The van der Waals surface area contributed by atoms with E-state index in [9.17, 15) is 9.90 Å². The molecule has 0 saturated heterocycles. The molecule has 0 fully saturated rings. The van der Waals surface area contributed by atoms with E-state index in [1.807, 2.05) is 30.9 Å². The molecule has 0 aliphatic rings. The van der Waals surface area contributed by atoms with Gasteiger partial charge < -0.3 is 10.4 Å². The summed E-state index contributed by atoms with van der Waals surface area (Å²) in [5.41, 5.74) is 0.377. The number of carbonyl (C=O) groups is 1. The zero-order chi connectivity index (χ0) is 15.4. The smallest absolute Gasteiger partial charge is 0.310 e. The first-order valence-electron chi connectivity index (χ1n) is 7.23. The van der Waals surface area contributed by atoms with Gasteiger partial charge in [0.05, 0.1) is 17.2 Å². The maximum atomic E-state index is 11.4. The van der Waals surface area contributed by atoms with E-state index < -0.39 is 11.4 Å². The van der Waals surface area contributed by atoms with Crippen molar-refractivity contribution in [2.75, 3.05) is 6.54 Å². The molecule has 1 heterocycles. The summed E-state index contributed by atoms with van der Waals surface area (Å²) in [7, 11) is 0. The summed E-state index contributed by atoms with van der Waals surface area (Å²) in [6.07, 6.45) is 5.10. The average molecular weight is 281 g/mol. The minimum Gasteiger partial charge on any atom is -0.481 e. The second-order valence-electron chi connectivity index (χ2n) is 6.36. The highest BCUT2D eigenvalue weighted by Crippen LogP contribution is 2.25. The van der Waals surface area contributed by atoms with E-state index in [-0.39, 0.29) is 5.54 Å². The van der Waals surface area contributed by atoms with Gasteiger partial charge in [0, 0.05) is 24.8 Å². The number of carboxylic acids is 1. The predicted octanol–water partition coefficient (Wildman–Crippen LogP) is 2.62. The van der Waals surface area contributed by atoms with E-state index in [4.69, 9.17) is 0 Å². The fraction of sp³-hybridized carbons (Fsp3) is 0.733. The summed E-state index contributed by atoms with van der Waals surface area (Å²) in [4.78, 5) is 11.4. The minimum atomic E-state index is -0.722. The molecule has 0 bridgehead atoms. The van der Waals surface area contributed by atoms with Gasteiger partial charge >= 0.3 is 5.97 Å². The molecule has 2 N–H and O–H groups in total. The fourth-order valence-electron chi connectivity index (χ4n) is 2.14. The SMILES string of the molecule is CCC(CC)(CNCc1cnn(C(C)(C)C)c1)C(=O)O. The summed E-state index contributed by atoms with van der Waals surface area (Å²) in [5, 5.41) is 17.0. The van der Waals surface area contributed by atoms with Crippen LogP contribution >= 0.6 is 0 Å². The quantitative estimate of drug-likeness (QED) is 0.806. The molecule has 5 nitrogen and oxygen atoms in total. The molecule has 114 valence electrons. The maximum Gasteiger partial charge on any atom is 0.310 e. The number of hydrogen-bond donors (Lipinski definition) is 2. The molecule has 0 unspecified atom stereocenters. The second-order valence-corrected chi connectivity index (χ2v) is 6.36. The molecule has 0 saturated carbocycles. The van der Waals surface area contributed by atoms with Crippen LogP contribution in [0, 0.1) is 5.41 Å². The lowest BCUT2D eigenvalue weighted by Crippen LogP contribution is -2.39. The van der Waals surface area contributed by atoms with Crippen LogP contribution in [0.1, 0.15) is 53.0 Å². The molecular weight excluding hydrogens is 254 g/mol. The fourth-order valence-corrected chi connectivity index (χ4v) is 2.14. The van der Waals surface area contributed by atoms with Crippen LogP contribution in [0.15, 0.2) is 12.4 Å². The lowest BCUT2D eigenvalue weighted by Gasteiger charge is -2.26. The monoisotopic (exact) mass is 281 g/mol. The molecule has 0 atom stereocenters. The topological polar surface area (TPSA) is 67.2 Å². The third-order valence-electron chi connectivity index (χ3n) is 3.92. The Morgan fingerprint density at radius 2 is 1.95 bits per heavy atom. The molecule has 0 radical (unpaired) electrons. The Morgan fingerprint density at radius 1 is 1.35 bits per heavy atom. The van der Waals surface area contributed by atoms with Crippen molar-refractivity contribution in [1.29, 1.82) is 0 Å². The van der Waals surface area contributed by atoms with Crippen molar-refractivity contribution in [2.24, 2.45) is 5.41 Å². The molecule has 1 aromatic heterocycles. The van der Waals surface area contributed by atoms with Crippen LogP contribution in [0.2, 0.25) is 0 Å². The molecule has 1 aromatic rings. The van der Waals surface area contributed by atoms with E-state index in [1.165, 1.54) is 0 Å². The van der Waals surface area contributed by atoms with Crippen LogP contribution in [0.3, 0.4) is 0 Å². The molecule has 0 aliphatic carbocycles. The Morgan fingerprint density at radius 3 is 2.35 bits per heavy atom. The van der Waals surface area contributed by atoms with Crippen molar-refractivity contribution in [3.63, 3.8) is 0 Å². The van der Waals surface area contributed by atoms with E-state index in [0.717, 1.165) is 5.56 Å². The Labute approximate surface area is 121 Å². The van der Waals surface area contributed by atoms with Gasteiger partial charge in [-0.05, 0) is 33.6 Å². The first-order valence-corrected chi connectivity index (χ1v) is 7.23. The number of nitrogens with zero attached hydrogens (tertiary/aromatic N) is 2. The van der Waals surface area contributed by atoms with Crippen molar-refractivity contribution < 1.29 is 9.90 Å². The van der Waals surface area contributed by atoms with E-state index >= 15 is 0 Å². The van der Waals surface area contributed by atoms with Gasteiger partial charge in [-0.1, -0.05) is 13.8 Å². The van der Waals surface area contributed by atoms with Gasteiger partial charge in [0.2, 0.25) is 0 Å². The van der Waals surface area contributed by atoms with Crippen molar-refractivity contribution >= 4 is 5.97 Å². The third-order valence-corrected chi connectivity index (χ3v) is 3.92. The molecular formula is C15H27N3O2. The lowest BCUT2D eigenvalue weighted by molar-refractivity contribution is -0.149. The maximum absolute atomic E-state index is 11.4. The Hall–Kier alpha value is -1.36. The molecule has 20 heavy (non-hydrogen) atoms. The average Bonchev–Trinajstić information content (AvgIpc) is 2.83. The Kier molecular flexibility index (Phi) is 5.34. The van der Waals surface area contributed by atoms with Gasteiger partial charge in [-0.2, -0.15) is 5.10 Å². The van der Waals surface area contributed by atoms with E-state index in [0.29, 0.717) is 25.9 Å².